The minimum Gasteiger partial charge on any atom is -0.449 e. The molecule has 0 spiro atoms. The van der Waals surface area contributed by atoms with Gasteiger partial charge in [-0.3, -0.25) is 10.1 Å². The zero-order chi connectivity index (χ0) is 21.7. The van der Waals surface area contributed by atoms with E-state index in [0.717, 1.165) is 17.7 Å². The monoisotopic (exact) mass is 413 g/mol. The minimum absolute atomic E-state index is 0.194. The molecule has 8 heteroatoms. The summed E-state index contributed by atoms with van der Waals surface area (Å²) in [6.45, 7) is 4.19. The molecule has 0 atom stereocenters. The third-order valence-electron chi connectivity index (χ3n) is 4.14. The molecule has 1 N–H and O–H groups in total. The lowest BCUT2D eigenvalue weighted by atomic mass is 10.1. The van der Waals surface area contributed by atoms with Crippen molar-refractivity contribution in [2.45, 2.75) is 20.3 Å². The van der Waals surface area contributed by atoms with Gasteiger partial charge in [-0.2, -0.15) is 5.10 Å². The lowest BCUT2D eigenvalue weighted by molar-refractivity contribution is 0.147. The van der Waals surface area contributed by atoms with Crippen LogP contribution in [0.2, 0.25) is 0 Å². The van der Waals surface area contributed by atoms with Gasteiger partial charge in [0, 0.05) is 30.4 Å². The van der Waals surface area contributed by atoms with E-state index in [0.29, 0.717) is 18.0 Å². The van der Waals surface area contributed by atoms with Crippen LogP contribution < -0.4 is 10.7 Å². The molecular formula is C22H21F2N3O3. The quantitative estimate of drug-likeness (QED) is 0.654. The van der Waals surface area contributed by atoms with E-state index in [1.807, 2.05) is 13.8 Å². The summed E-state index contributed by atoms with van der Waals surface area (Å²) < 4.78 is 33.1. The van der Waals surface area contributed by atoms with Crippen molar-refractivity contribution in [2.75, 3.05) is 11.9 Å². The van der Waals surface area contributed by atoms with Crippen LogP contribution in [0.5, 0.6) is 0 Å². The van der Waals surface area contributed by atoms with Crippen molar-refractivity contribution in [1.29, 1.82) is 0 Å². The van der Waals surface area contributed by atoms with Crippen LogP contribution in [0.1, 0.15) is 25.1 Å². The topological polar surface area (TPSA) is 73.2 Å². The molecule has 0 aliphatic rings. The number of nitrogens with one attached hydrogen (secondary N) is 1. The molecule has 0 saturated heterocycles. The Morgan fingerprint density at radius 2 is 1.93 bits per heavy atom. The SMILES string of the molecule is CC(C)COC(=O)Nc1cccc(Cc2nn(-c3ccc(F)c(F)c3)ccc2=O)c1. The highest BCUT2D eigenvalue weighted by atomic mass is 19.2. The van der Waals surface area contributed by atoms with Gasteiger partial charge in [-0.25, -0.2) is 18.3 Å². The predicted molar refractivity (Wildman–Crippen MR) is 109 cm³/mol. The Bertz CT molecular complexity index is 1110. The molecule has 0 unspecified atom stereocenters. The number of hydrogen-bond acceptors (Lipinski definition) is 4. The van der Waals surface area contributed by atoms with Crippen LogP contribution >= 0.6 is 0 Å². The number of carbonyl (C=O) groups excluding carboxylic acids is 1. The van der Waals surface area contributed by atoms with Crippen molar-refractivity contribution in [1.82, 2.24) is 9.78 Å². The molecule has 3 rings (SSSR count). The molecule has 1 amide bonds. The molecule has 0 fully saturated rings. The largest absolute Gasteiger partial charge is 0.449 e. The van der Waals surface area contributed by atoms with Crippen molar-refractivity contribution < 1.29 is 18.3 Å². The Morgan fingerprint density at radius 3 is 2.67 bits per heavy atom. The van der Waals surface area contributed by atoms with E-state index < -0.39 is 17.7 Å². The molecule has 0 saturated carbocycles. The third kappa shape index (κ3) is 5.50. The fraction of sp³-hybridized carbons (Fsp3) is 0.227. The average Bonchev–Trinajstić information content (AvgIpc) is 2.70. The lowest BCUT2D eigenvalue weighted by Gasteiger charge is -2.10. The number of rotatable bonds is 6. The highest BCUT2D eigenvalue weighted by Gasteiger charge is 2.10. The average molecular weight is 413 g/mol. The molecule has 1 heterocycles. The second-order valence-corrected chi connectivity index (χ2v) is 7.16. The van der Waals surface area contributed by atoms with Gasteiger partial charge in [0.2, 0.25) is 5.43 Å². The molecular weight excluding hydrogens is 392 g/mol. The first-order valence-electron chi connectivity index (χ1n) is 9.39. The molecule has 1 aromatic heterocycles. The van der Waals surface area contributed by atoms with Gasteiger partial charge in [-0.15, -0.1) is 0 Å². The highest BCUT2D eigenvalue weighted by molar-refractivity contribution is 5.84. The van der Waals surface area contributed by atoms with Crippen molar-refractivity contribution >= 4 is 11.8 Å². The van der Waals surface area contributed by atoms with E-state index in [1.165, 1.54) is 23.0 Å². The summed E-state index contributed by atoms with van der Waals surface area (Å²) in [4.78, 5) is 24.1. The van der Waals surface area contributed by atoms with E-state index in [4.69, 9.17) is 4.74 Å². The summed E-state index contributed by atoms with van der Waals surface area (Å²) in [5.41, 5.74) is 1.49. The second kappa shape index (κ2) is 9.30. The summed E-state index contributed by atoms with van der Waals surface area (Å²) >= 11 is 0. The molecule has 0 aliphatic heterocycles. The normalized spacial score (nSPS) is 10.8. The van der Waals surface area contributed by atoms with Crippen LogP contribution in [-0.4, -0.2) is 22.5 Å². The number of nitrogens with zero attached hydrogens (tertiary/aromatic N) is 2. The Kier molecular flexibility index (Phi) is 6.56. The Hall–Kier alpha value is -3.55. The van der Waals surface area contributed by atoms with Crippen LogP contribution in [0, 0.1) is 17.6 Å². The zero-order valence-corrected chi connectivity index (χ0v) is 16.6. The summed E-state index contributed by atoms with van der Waals surface area (Å²) in [6.07, 6.45) is 1.03. The maximum Gasteiger partial charge on any atom is 0.411 e. The van der Waals surface area contributed by atoms with Gasteiger partial charge in [0.05, 0.1) is 12.3 Å². The number of anilines is 1. The van der Waals surface area contributed by atoms with Crippen LogP contribution in [-0.2, 0) is 11.2 Å². The molecule has 0 bridgehead atoms. The number of benzene rings is 2. The molecule has 6 nitrogen and oxygen atoms in total. The Morgan fingerprint density at radius 1 is 1.13 bits per heavy atom. The van der Waals surface area contributed by atoms with Crippen molar-refractivity contribution in [3.63, 3.8) is 0 Å². The highest BCUT2D eigenvalue weighted by Crippen LogP contribution is 2.15. The second-order valence-electron chi connectivity index (χ2n) is 7.16. The number of hydrogen-bond donors (Lipinski definition) is 1. The maximum atomic E-state index is 13.5. The molecule has 3 aromatic rings. The Balaban J connectivity index is 1.78. The number of halogens is 2. The predicted octanol–water partition coefficient (Wildman–Crippen LogP) is 4.31. The number of amides is 1. The third-order valence-corrected chi connectivity index (χ3v) is 4.14. The summed E-state index contributed by atoms with van der Waals surface area (Å²) in [6, 6.07) is 11.6. The zero-order valence-electron chi connectivity index (χ0n) is 16.6. The minimum atomic E-state index is -1.00. The Labute approximate surface area is 172 Å². The van der Waals surface area contributed by atoms with Gasteiger partial charge in [0.1, 0.15) is 5.69 Å². The first kappa shape index (κ1) is 21.2. The summed E-state index contributed by atoms with van der Waals surface area (Å²) in [5.74, 6) is -1.74. The van der Waals surface area contributed by atoms with Crippen molar-refractivity contribution in [2.24, 2.45) is 5.92 Å². The van der Waals surface area contributed by atoms with E-state index >= 15 is 0 Å². The van der Waals surface area contributed by atoms with Gasteiger partial charge in [-0.1, -0.05) is 26.0 Å². The van der Waals surface area contributed by atoms with E-state index in [2.05, 4.69) is 10.4 Å². The van der Waals surface area contributed by atoms with Gasteiger partial charge >= 0.3 is 6.09 Å². The van der Waals surface area contributed by atoms with Crippen LogP contribution in [0.15, 0.2) is 59.5 Å². The van der Waals surface area contributed by atoms with Gasteiger partial charge in [0.25, 0.3) is 0 Å². The first-order chi connectivity index (χ1) is 14.3. The standard InChI is InChI=1S/C22H21F2N3O3/c1-14(2)13-30-22(29)25-16-5-3-4-15(10-16)11-20-21(28)8-9-27(26-20)17-6-7-18(23)19(24)12-17/h3-10,12,14H,11,13H2,1-2H3,(H,25,29). The van der Waals surface area contributed by atoms with Crippen LogP contribution in [0.3, 0.4) is 0 Å². The summed E-state index contributed by atoms with van der Waals surface area (Å²) in [5, 5.41) is 6.90. The fourth-order valence-electron chi connectivity index (χ4n) is 2.69. The molecule has 2 aromatic carbocycles. The number of carbonyl (C=O) groups is 1. The molecule has 156 valence electrons. The smallest absolute Gasteiger partial charge is 0.411 e. The molecule has 0 aliphatic carbocycles. The van der Waals surface area contributed by atoms with Gasteiger partial charge in [-0.05, 0) is 35.7 Å². The van der Waals surface area contributed by atoms with E-state index in [9.17, 15) is 18.4 Å². The van der Waals surface area contributed by atoms with Gasteiger partial charge in [0.15, 0.2) is 11.6 Å². The maximum absolute atomic E-state index is 13.5. The molecule has 0 radical (unpaired) electrons. The van der Waals surface area contributed by atoms with Gasteiger partial charge < -0.3 is 4.74 Å². The van der Waals surface area contributed by atoms with Crippen LogP contribution in [0.4, 0.5) is 19.3 Å². The summed E-state index contributed by atoms with van der Waals surface area (Å²) in [7, 11) is 0. The van der Waals surface area contributed by atoms with E-state index in [-0.39, 0.29) is 23.5 Å². The van der Waals surface area contributed by atoms with Crippen LogP contribution in [0.25, 0.3) is 5.69 Å². The van der Waals surface area contributed by atoms with Crippen molar-refractivity contribution in [3.05, 3.63) is 87.8 Å². The van der Waals surface area contributed by atoms with Crippen molar-refractivity contribution in [3.8, 4) is 5.69 Å². The number of aromatic nitrogens is 2. The first-order valence-corrected chi connectivity index (χ1v) is 9.39. The lowest BCUT2D eigenvalue weighted by Crippen LogP contribution is -2.17. The van der Waals surface area contributed by atoms with E-state index in [1.54, 1.807) is 24.3 Å². The fourth-order valence-corrected chi connectivity index (χ4v) is 2.69. The number of ether oxygens (including phenoxy) is 1. The molecule has 30 heavy (non-hydrogen) atoms.